The number of amides is 1. The lowest BCUT2D eigenvalue weighted by Gasteiger charge is -2.20. The van der Waals surface area contributed by atoms with E-state index in [0.29, 0.717) is 16.1 Å². The number of fused-ring (bicyclic) bond motifs is 1. The molecule has 3 aromatic rings. The molecule has 1 N–H and O–H groups in total. The summed E-state index contributed by atoms with van der Waals surface area (Å²) >= 11 is 1.31. The normalized spacial score (nSPS) is 13.2. The molecule has 1 amide bonds. The van der Waals surface area contributed by atoms with Crippen LogP contribution in [0.25, 0.3) is 10.9 Å². The molecule has 0 spiro atoms. The molecule has 0 saturated carbocycles. The van der Waals surface area contributed by atoms with E-state index in [9.17, 15) is 9.59 Å². The van der Waals surface area contributed by atoms with Gasteiger partial charge in [0.25, 0.3) is 5.56 Å². The van der Waals surface area contributed by atoms with Crippen LogP contribution < -0.4 is 10.9 Å². The molecule has 1 heterocycles. The molecule has 0 saturated heterocycles. The van der Waals surface area contributed by atoms with Crippen LogP contribution in [0.15, 0.2) is 64.5 Å². The van der Waals surface area contributed by atoms with Crippen molar-refractivity contribution >= 4 is 28.6 Å². The minimum Gasteiger partial charge on any atom is -0.353 e. The molecule has 0 aliphatic rings. The van der Waals surface area contributed by atoms with Crippen molar-refractivity contribution in [3.8, 4) is 0 Å². The van der Waals surface area contributed by atoms with E-state index in [1.165, 1.54) is 11.8 Å². The zero-order chi connectivity index (χ0) is 20.8. The minimum absolute atomic E-state index is 0.0442. The van der Waals surface area contributed by atoms with E-state index in [1.807, 2.05) is 62.4 Å². The quantitative estimate of drug-likeness (QED) is 0.442. The number of benzene rings is 2. The van der Waals surface area contributed by atoms with Crippen LogP contribution in [0, 0.1) is 0 Å². The molecular weight excluding hydrogens is 382 g/mol. The summed E-state index contributed by atoms with van der Waals surface area (Å²) in [6, 6.07) is 17.2. The van der Waals surface area contributed by atoms with Crippen LogP contribution in [0.4, 0.5) is 0 Å². The fourth-order valence-electron chi connectivity index (χ4n) is 3.40. The van der Waals surface area contributed by atoms with Crippen LogP contribution in [0.3, 0.4) is 0 Å². The molecule has 0 aliphatic carbocycles. The van der Waals surface area contributed by atoms with E-state index in [4.69, 9.17) is 4.98 Å². The molecule has 0 aliphatic heterocycles. The average Bonchev–Trinajstić information content (AvgIpc) is 2.73. The van der Waals surface area contributed by atoms with Crippen molar-refractivity contribution in [3.63, 3.8) is 0 Å². The van der Waals surface area contributed by atoms with Gasteiger partial charge in [-0.05, 0) is 38.0 Å². The number of hydrogen-bond acceptors (Lipinski definition) is 4. The van der Waals surface area contributed by atoms with E-state index in [1.54, 1.807) is 10.6 Å². The first-order valence-electron chi connectivity index (χ1n) is 9.99. The van der Waals surface area contributed by atoms with Gasteiger partial charge >= 0.3 is 0 Å². The predicted molar refractivity (Wildman–Crippen MR) is 119 cm³/mol. The lowest BCUT2D eigenvalue weighted by molar-refractivity contribution is -0.119. The molecule has 0 bridgehead atoms. The van der Waals surface area contributed by atoms with Crippen LogP contribution in [-0.4, -0.2) is 27.3 Å². The molecule has 0 fully saturated rings. The molecule has 3 rings (SSSR count). The Bertz CT molecular complexity index is 1030. The molecule has 0 unspecified atom stereocenters. The number of nitrogens with one attached hydrogen (secondary N) is 1. The van der Waals surface area contributed by atoms with Gasteiger partial charge in [0, 0.05) is 6.04 Å². The van der Waals surface area contributed by atoms with Crippen molar-refractivity contribution in [2.24, 2.45) is 0 Å². The maximum absolute atomic E-state index is 13.3. The van der Waals surface area contributed by atoms with Crippen LogP contribution >= 0.6 is 11.8 Å². The third kappa shape index (κ3) is 5.07. The van der Waals surface area contributed by atoms with Crippen molar-refractivity contribution in [1.82, 2.24) is 14.9 Å². The molecule has 29 heavy (non-hydrogen) atoms. The third-order valence-electron chi connectivity index (χ3n) is 4.91. The first kappa shape index (κ1) is 21.1. The maximum Gasteiger partial charge on any atom is 0.262 e. The van der Waals surface area contributed by atoms with Crippen LogP contribution in [0.5, 0.6) is 0 Å². The van der Waals surface area contributed by atoms with Crippen molar-refractivity contribution < 1.29 is 4.79 Å². The molecule has 1 aromatic heterocycles. The minimum atomic E-state index is -0.189. The summed E-state index contributed by atoms with van der Waals surface area (Å²) in [5, 5.41) is 4.15. The second-order valence-electron chi connectivity index (χ2n) is 7.22. The third-order valence-corrected chi connectivity index (χ3v) is 5.86. The van der Waals surface area contributed by atoms with E-state index in [0.717, 1.165) is 18.4 Å². The lowest BCUT2D eigenvalue weighted by atomic mass is 10.1. The molecule has 2 atom stereocenters. The molecular formula is C23H27N3O2S. The van der Waals surface area contributed by atoms with E-state index >= 15 is 0 Å². The van der Waals surface area contributed by atoms with Gasteiger partial charge in [0.2, 0.25) is 5.91 Å². The van der Waals surface area contributed by atoms with Crippen molar-refractivity contribution in [2.45, 2.75) is 50.9 Å². The highest BCUT2D eigenvalue weighted by Crippen LogP contribution is 2.24. The molecule has 5 nitrogen and oxygen atoms in total. The second kappa shape index (κ2) is 9.74. The Morgan fingerprint density at radius 1 is 1.10 bits per heavy atom. The maximum atomic E-state index is 13.3. The number of thioether (sulfide) groups is 1. The lowest BCUT2D eigenvalue weighted by Crippen LogP contribution is -2.34. The summed E-state index contributed by atoms with van der Waals surface area (Å²) in [6.07, 6.45) is 1.97. The largest absolute Gasteiger partial charge is 0.353 e. The Morgan fingerprint density at radius 3 is 2.52 bits per heavy atom. The Labute approximate surface area is 175 Å². The highest BCUT2D eigenvalue weighted by atomic mass is 32.2. The van der Waals surface area contributed by atoms with Gasteiger partial charge in [-0.3, -0.25) is 14.2 Å². The summed E-state index contributed by atoms with van der Waals surface area (Å²) in [5.74, 6) is 0.178. The van der Waals surface area contributed by atoms with Crippen LogP contribution in [-0.2, 0) is 4.79 Å². The van der Waals surface area contributed by atoms with Gasteiger partial charge in [-0.2, -0.15) is 0 Å². The summed E-state index contributed by atoms with van der Waals surface area (Å²) in [5.41, 5.74) is 1.58. The Hall–Kier alpha value is -2.60. The number of rotatable bonds is 8. The zero-order valence-electron chi connectivity index (χ0n) is 17.1. The number of nitrogens with zero attached hydrogens (tertiary/aromatic N) is 2. The Balaban J connectivity index is 1.94. The van der Waals surface area contributed by atoms with Gasteiger partial charge in [0.05, 0.1) is 22.7 Å². The van der Waals surface area contributed by atoms with Crippen molar-refractivity contribution in [1.29, 1.82) is 0 Å². The fraction of sp³-hybridized carbons (Fsp3) is 0.348. The number of carbonyl (C=O) groups excluding carboxylic acids is 1. The number of aromatic nitrogens is 2. The molecule has 6 heteroatoms. The molecule has 2 aromatic carbocycles. The predicted octanol–water partition coefficient (Wildman–Crippen LogP) is 4.40. The Morgan fingerprint density at radius 2 is 1.79 bits per heavy atom. The number of carbonyl (C=O) groups is 1. The molecule has 0 radical (unpaired) electrons. The summed E-state index contributed by atoms with van der Waals surface area (Å²) < 4.78 is 1.70. The highest BCUT2D eigenvalue weighted by Gasteiger charge is 2.19. The first-order valence-corrected chi connectivity index (χ1v) is 11.0. The van der Waals surface area contributed by atoms with E-state index in [-0.39, 0.29) is 29.3 Å². The van der Waals surface area contributed by atoms with E-state index < -0.39 is 0 Å². The average molecular weight is 410 g/mol. The zero-order valence-corrected chi connectivity index (χ0v) is 17.9. The van der Waals surface area contributed by atoms with Crippen LogP contribution in [0.2, 0.25) is 0 Å². The summed E-state index contributed by atoms with van der Waals surface area (Å²) in [4.78, 5) is 30.4. The van der Waals surface area contributed by atoms with Crippen LogP contribution in [0.1, 0.15) is 45.2 Å². The number of hydrogen-bond donors (Lipinski definition) is 1. The summed E-state index contributed by atoms with van der Waals surface area (Å²) in [7, 11) is 0. The standard InChI is InChI=1S/C23H27N3O2S/c1-4-10-16(2)24-21(27)15-29-23-25-20-14-9-8-13-19(20)22(28)26(23)17(3)18-11-6-5-7-12-18/h5-9,11-14,16-17H,4,10,15H2,1-3H3,(H,24,27)/t16-,17+/m1/s1. The SMILES string of the molecule is CCC[C@@H](C)NC(=O)CSc1nc2ccccc2c(=O)n1[C@@H](C)c1ccccc1. The van der Waals surface area contributed by atoms with Gasteiger partial charge in [-0.25, -0.2) is 4.98 Å². The fourth-order valence-corrected chi connectivity index (χ4v) is 4.29. The van der Waals surface area contributed by atoms with Crippen molar-refractivity contribution in [3.05, 3.63) is 70.5 Å². The monoisotopic (exact) mass is 409 g/mol. The highest BCUT2D eigenvalue weighted by molar-refractivity contribution is 7.99. The topological polar surface area (TPSA) is 64.0 Å². The van der Waals surface area contributed by atoms with E-state index in [2.05, 4.69) is 12.2 Å². The smallest absolute Gasteiger partial charge is 0.262 e. The van der Waals surface area contributed by atoms with Gasteiger partial charge < -0.3 is 5.32 Å². The molecule has 152 valence electrons. The summed E-state index contributed by atoms with van der Waals surface area (Å²) in [6.45, 7) is 6.09. The van der Waals surface area contributed by atoms with Gasteiger partial charge in [-0.1, -0.05) is 67.6 Å². The Kier molecular flexibility index (Phi) is 7.09. The van der Waals surface area contributed by atoms with Gasteiger partial charge in [0.1, 0.15) is 0 Å². The second-order valence-corrected chi connectivity index (χ2v) is 8.16. The number of para-hydroxylation sites is 1. The van der Waals surface area contributed by atoms with Gasteiger partial charge in [0.15, 0.2) is 5.16 Å². The first-order chi connectivity index (χ1) is 14.0. The van der Waals surface area contributed by atoms with Crippen molar-refractivity contribution in [2.75, 3.05) is 5.75 Å². The van der Waals surface area contributed by atoms with Gasteiger partial charge in [-0.15, -0.1) is 0 Å².